The van der Waals surface area contributed by atoms with Crippen molar-refractivity contribution in [2.24, 2.45) is 0 Å². The van der Waals surface area contributed by atoms with Gasteiger partial charge in [-0.15, -0.1) is 0 Å². The molecule has 0 saturated heterocycles. The zero-order valence-corrected chi connectivity index (χ0v) is 13.9. The Kier molecular flexibility index (Phi) is 3.96. The topological polar surface area (TPSA) is 20.2 Å². The van der Waals surface area contributed by atoms with E-state index in [2.05, 4.69) is 45.0 Å². The third-order valence-electron chi connectivity index (χ3n) is 4.15. The Hall–Kier alpha value is -2.54. The van der Waals surface area contributed by atoms with Crippen molar-refractivity contribution >= 4 is 0 Å². The first kappa shape index (κ1) is 15.4. The normalized spacial score (nSPS) is 11.4. The fraction of sp³-hybridized carbons (Fsp3) is 0.182. The van der Waals surface area contributed by atoms with E-state index in [1.807, 2.05) is 48.5 Å². The molecule has 3 aromatic carbocycles. The molecule has 0 fully saturated rings. The first-order valence-electron chi connectivity index (χ1n) is 7.96. The van der Waals surface area contributed by atoms with Crippen molar-refractivity contribution in [1.82, 2.24) is 0 Å². The number of hydrogen-bond donors (Lipinski definition) is 1. The van der Waals surface area contributed by atoms with Gasteiger partial charge >= 0.3 is 0 Å². The van der Waals surface area contributed by atoms with Gasteiger partial charge in [-0.25, -0.2) is 0 Å². The highest BCUT2D eigenvalue weighted by molar-refractivity contribution is 5.86. The predicted octanol–water partition coefficient (Wildman–Crippen LogP) is 6.02. The summed E-state index contributed by atoms with van der Waals surface area (Å²) in [6.07, 6.45) is 0. The van der Waals surface area contributed by atoms with E-state index in [9.17, 15) is 5.11 Å². The third-order valence-corrected chi connectivity index (χ3v) is 4.15. The van der Waals surface area contributed by atoms with Crippen LogP contribution in [0.5, 0.6) is 5.75 Å². The molecule has 0 aromatic heterocycles. The molecule has 3 aromatic rings. The minimum atomic E-state index is -0.0955. The Labute approximate surface area is 138 Å². The van der Waals surface area contributed by atoms with Crippen LogP contribution in [0.3, 0.4) is 0 Å². The van der Waals surface area contributed by atoms with E-state index in [0.29, 0.717) is 5.75 Å². The number of aromatic hydroxyl groups is 1. The van der Waals surface area contributed by atoms with Gasteiger partial charge in [-0.05, 0) is 27.7 Å². The molecular formula is C22H22O. The van der Waals surface area contributed by atoms with Crippen molar-refractivity contribution in [3.05, 3.63) is 78.4 Å². The zero-order valence-electron chi connectivity index (χ0n) is 13.9. The van der Waals surface area contributed by atoms with E-state index in [0.717, 1.165) is 27.8 Å². The van der Waals surface area contributed by atoms with Crippen LogP contribution >= 0.6 is 0 Å². The van der Waals surface area contributed by atoms with Gasteiger partial charge in [0.2, 0.25) is 0 Å². The molecule has 0 bridgehead atoms. The fourth-order valence-corrected chi connectivity index (χ4v) is 2.95. The molecule has 0 atom stereocenters. The van der Waals surface area contributed by atoms with Gasteiger partial charge in [0, 0.05) is 5.56 Å². The van der Waals surface area contributed by atoms with Gasteiger partial charge in [-0.2, -0.15) is 0 Å². The van der Waals surface area contributed by atoms with E-state index in [-0.39, 0.29) is 5.41 Å². The van der Waals surface area contributed by atoms with Crippen molar-refractivity contribution < 1.29 is 5.11 Å². The molecule has 0 radical (unpaired) electrons. The van der Waals surface area contributed by atoms with Crippen molar-refractivity contribution in [2.45, 2.75) is 26.2 Å². The lowest BCUT2D eigenvalue weighted by atomic mass is 9.83. The van der Waals surface area contributed by atoms with Crippen molar-refractivity contribution in [3.8, 4) is 28.0 Å². The second-order valence-corrected chi connectivity index (χ2v) is 6.86. The maximum Gasteiger partial charge on any atom is 0.127 e. The number of phenols is 1. The summed E-state index contributed by atoms with van der Waals surface area (Å²) in [4.78, 5) is 0. The van der Waals surface area contributed by atoms with Gasteiger partial charge in [-0.1, -0.05) is 93.6 Å². The van der Waals surface area contributed by atoms with Crippen molar-refractivity contribution in [1.29, 1.82) is 0 Å². The monoisotopic (exact) mass is 302 g/mol. The molecular weight excluding hydrogens is 280 g/mol. The first-order chi connectivity index (χ1) is 11.0. The zero-order chi connectivity index (χ0) is 16.4. The van der Waals surface area contributed by atoms with Crippen LogP contribution < -0.4 is 0 Å². The lowest BCUT2D eigenvalue weighted by molar-refractivity contribution is 0.448. The first-order valence-corrected chi connectivity index (χ1v) is 7.96. The van der Waals surface area contributed by atoms with E-state index < -0.39 is 0 Å². The molecule has 23 heavy (non-hydrogen) atoms. The van der Waals surface area contributed by atoms with E-state index in [1.165, 1.54) is 0 Å². The second kappa shape index (κ2) is 5.92. The summed E-state index contributed by atoms with van der Waals surface area (Å²) < 4.78 is 0. The van der Waals surface area contributed by atoms with Crippen LogP contribution in [0.4, 0.5) is 0 Å². The molecule has 0 aliphatic rings. The molecule has 0 amide bonds. The predicted molar refractivity (Wildman–Crippen MR) is 97.7 cm³/mol. The minimum absolute atomic E-state index is 0.0955. The van der Waals surface area contributed by atoms with Crippen molar-refractivity contribution in [3.63, 3.8) is 0 Å². The number of phenolic OH excluding ortho intramolecular Hbond substituents is 1. The Morgan fingerprint density at radius 1 is 0.609 bits per heavy atom. The Morgan fingerprint density at radius 3 is 1.83 bits per heavy atom. The summed E-state index contributed by atoms with van der Waals surface area (Å²) in [6.45, 7) is 6.36. The van der Waals surface area contributed by atoms with Gasteiger partial charge in [0.25, 0.3) is 0 Å². The van der Waals surface area contributed by atoms with Crippen LogP contribution in [0.15, 0.2) is 72.8 Å². The number of para-hydroxylation sites is 1. The molecule has 1 N–H and O–H groups in total. The van der Waals surface area contributed by atoms with Crippen LogP contribution in [0, 0.1) is 0 Å². The standard InChI is InChI=1S/C22H22O/c1-22(2,3)20-15-9-14-19(21(20)23)18-13-8-7-12-17(18)16-10-5-4-6-11-16/h4-15,23H,1-3H3. The van der Waals surface area contributed by atoms with Crippen LogP contribution in [0.2, 0.25) is 0 Å². The molecule has 116 valence electrons. The number of hydrogen-bond acceptors (Lipinski definition) is 1. The minimum Gasteiger partial charge on any atom is -0.507 e. The summed E-state index contributed by atoms with van der Waals surface area (Å²) in [7, 11) is 0. The van der Waals surface area contributed by atoms with Crippen LogP contribution in [0.1, 0.15) is 26.3 Å². The van der Waals surface area contributed by atoms with Gasteiger partial charge in [-0.3, -0.25) is 0 Å². The molecule has 0 saturated carbocycles. The molecule has 0 aliphatic carbocycles. The molecule has 0 unspecified atom stereocenters. The SMILES string of the molecule is CC(C)(C)c1cccc(-c2ccccc2-c2ccccc2)c1O. The smallest absolute Gasteiger partial charge is 0.127 e. The molecule has 0 aliphatic heterocycles. The Bertz CT molecular complexity index is 811. The Morgan fingerprint density at radius 2 is 1.17 bits per heavy atom. The summed E-state index contributed by atoms with van der Waals surface area (Å²) in [5, 5.41) is 10.8. The molecule has 3 rings (SSSR count). The second-order valence-electron chi connectivity index (χ2n) is 6.86. The highest BCUT2D eigenvalue weighted by Gasteiger charge is 2.21. The van der Waals surface area contributed by atoms with Crippen LogP contribution in [-0.2, 0) is 5.41 Å². The van der Waals surface area contributed by atoms with Gasteiger partial charge < -0.3 is 5.11 Å². The van der Waals surface area contributed by atoms with Crippen LogP contribution in [-0.4, -0.2) is 5.11 Å². The summed E-state index contributed by atoms with van der Waals surface area (Å²) in [5.41, 5.74) is 5.11. The van der Waals surface area contributed by atoms with E-state index in [4.69, 9.17) is 0 Å². The maximum absolute atomic E-state index is 10.8. The quantitative estimate of drug-likeness (QED) is 0.613. The third kappa shape index (κ3) is 3.00. The summed E-state index contributed by atoms with van der Waals surface area (Å²) >= 11 is 0. The molecule has 0 heterocycles. The lowest BCUT2D eigenvalue weighted by Gasteiger charge is -2.22. The fourth-order valence-electron chi connectivity index (χ4n) is 2.95. The van der Waals surface area contributed by atoms with E-state index in [1.54, 1.807) is 0 Å². The average Bonchev–Trinajstić information content (AvgIpc) is 2.55. The maximum atomic E-state index is 10.8. The molecule has 1 nitrogen and oxygen atoms in total. The summed E-state index contributed by atoms with van der Waals surface area (Å²) in [6, 6.07) is 24.6. The van der Waals surface area contributed by atoms with Gasteiger partial charge in [0.05, 0.1) is 0 Å². The van der Waals surface area contributed by atoms with Crippen molar-refractivity contribution in [2.75, 3.05) is 0 Å². The molecule has 1 heteroatoms. The largest absolute Gasteiger partial charge is 0.507 e. The number of rotatable bonds is 2. The average molecular weight is 302 g/mol. The van der Waals surface area contributed by atoms with Gasteiger partial charge in [0.15, 0.2) is 0 Å². The highest BCUT2D eigenvalue weighted by Crippen LogP contribution is 2.41. The van der Waals surface area contributed by atoms with Gasteiger partial charge in [0.1, 0.15) is 5.75 Å². The van der Waals surface area contributed by atoms with Crippen LogP contribution in [0.25, 0.3) is 22.3 Å². The Balaban J connectivity index is 2.22. The highest BCUT2D eigenvalue weighted by atomic mass is 16.3. The lowest BCUT2D eigenvalue weighted by Crippen LogP contribution is -2.11. The number of benzene rings is 3. The van der Waals surface area contributed by atoms with E-state index >= 15 is 0 Å². The molecule has 0 spiro atoms. The summed E-state index contributed by atoms with van der Waals surface area (Å²) in [5.74, 6) is 0.378.